The third-order valence-electron chi connectivity index (χ3n) is 2.36. The molecule has 14 heavy (non-hydrogen) atoms. The van der Waals surface area contributed by atoms with Gasteiger partial charge >= 0.3 is 0 Å². The van der Waals surface area contributed by atoms with Crippen LogP contribution in [0.1, 0.15) is 24.9 Å². The highest BCUT2D eigenvalue weighted by molar-refractivity contribution is 6.30. The van der Waals surface area contributed by atoms with Gasteiger partial charge in [0.15, 0.2) is 0 Å². The Morgan fingerprint density at radius 2 is 1.86 bits per heavy atom. The molecule has 0 spiro atoms. The summed E-state index contributed by atoms with van der Waals surface area (Å²) in [5, 5.41) is 0.743. The average Bonchev–Trinajstić information content (AvgIpc) is 2.18. The van der Waals surface area contributed by atoms with Crippen LogP contribution in [0.4, 0.5) is 0 Å². The Hall–Kier alpha value is -0.570. The molecule has 0 amide bonds. The zero-order valence-corrected chi connectivity index (χ0v) is 9.17. The van der Waals surface area contributed by atoms with Crippen LogP contribution in [-0.4, -0.2) is 6.54 Å². The molecule has 0 radical (unpaired) electrons. The number of benzene rings is 1. The smallest absolute Gasteiger partial charge is 0.0406 e. The minimum absolute atomic E-state index is 0.0609. The van der Waals surface area contributed by atoms with Crippen LogP contribution in [0.2, 0.25) is 5.02 Å². The molecule has 4 N–H and O–H groups in total. The molecule has 0 aliphatic heterocycles. The van der Waals surface area contributed by atoms with Crippen LogP contribution in [0.5, 0.6) is 0 Å². The van der Waals surface area contributed by atoms with Crippen molar-refractivity contribution >= 4 is 11.6 Å². The summed E-state index contributed by atoms with van der Waals surface area (Å²) < 4.78 is 0. The number of halogens is 1. The van der Waals surface area contributed by atoms with Gasteiger partial charge in [-0.2, -0.15) is 0 Å². The molecule has 0 saturated carbocycles. The van der Waals surface area contributed by atoms with Gasteiger partial charge in [0.25, 0.3) is 0 Å². The van der Waals surface area contributed by atoms with Crippen LogP contribution in [0.3, 0.4) is 0 Å². The van der Waals surface area contributed by atoms with Crippen molar-refractivity contribution in [2.24, 2.45) is 17.4 Å². The van der Waals surface area contributed by atoms with Gasteiger partial charge in [0.2, 0.25) is 0 Å². The molecule has 0 aliphatic carbocycles. The number of nitrogens with two attached hydrogens (primary N) is 2. The van der Waals surface area contributed by atoms with Crippen LogP contribution in [-0.2, 0) is 0 Å². The average molecular weight is 213 g/mol. The van der Waals surface area contributed by atoms with Crippen LogP contribution >= 0.6 is 11.6 Å². The molecular formula is C11H17ClN2. The van der Waals surface area contributed by atoms with Crippen LogP contribution in [0.15, 0.2) is 24.3 Å². The lowest BCUT2D eigenvalue weighted by atomic mass is 9.97. The van der Waals surface area contributed by atoms with Crippen LogP contribution in [0, 0.1) is 5.92 Å². The highest BCUT2D eigenvalue weighted by Gasteiger charge is 2.09. The molecule has 2 unspecified atom stereocenters. The summed E-state index contributed by atoms with van der Waals surface area (Å²) in [6.45, 7) is 2.79. The van der Waals surface area contributed by atoms with Gasteiger partial charge in [-0.3, -0.25) is 0 Å². The molecule has 0 bridgehead atoms. The van der Waals surface area contributed by atoms with Gasteiger partial charge in [-0.1, -0.05) is 30.7 Å². The summed E-state index contributed by atoms with van der Waals surface area (Å²) in [5.41, 5.74) is 12.7. The van der Waals surface area contributed by atoms with E-state index in [2.05, 4.69) is 6.92 Å². The van der Waals surface area contributed by atoms with Crippen molar-refractivity contribution < 1.29 is 0 Å². The van der Waals surface area contributed by atoms with Gasteiger partial charge < -0.3 is 11.5 Å². The first-order valence-electron chi connectivity index (χ1n) is 4.84. The van der Waals surface area contributed by atoms with E-state index in [1.54, 1.807) is 0 Å². The quantitative estimate of drug-likeness (QED) is 0.805. The van der Waals surface area contributed by atoms with Crippen molar-refractivity contribution in [1.29, 1.82) is 0 Å². The van der Waals surface area contributed by atoms with E-state index in [0.717, 1.165) is 17.0 Å². The zero-order valence-electron chi connectivity index (χ0n) is 8.41. The van der Waals surface area contributed by atoms with E-state index in [0.29, 0.717) is 12.5 Å². The Labute approximate surface area is 90.2 Å². The summed E-state index contributed by atoms with van der Waals surface area (Å²) in [6, 6.07) is 7.73. The van der Waals surface area contributed by atoms with E-state index < -0.39 is 0 Å². The first-order valence-corrected chi connectivity index (χ1v) is 5.22. The normalized spacial score (nSPS) is 15.1. The number of rotatable bonds is 4. The molecule has 0 heterocycles. The van der Waals surface area contributed by atoms with Crippen molar-refractivity contribution in [3.8, 4) is 0 Å². The molecule has 1 aromatic carbocycles. The van der Waals surface area contributed by atoms with E-state index in [1.165, 1.54) is 0 Å². The molecule has 2 atom stereocenters. The molecule has 2 nitrogen and oxygen atoms in total. The standard InChI is InChI=1S/C11H17ClN2/c1-8(7-13)6-11(14)9-2-4-10(12)5-3-9/h2-5,8,11H,6-7,13-14H2,1H3. The van der Waals surface area contributed by atoms with E-state index >= 15 is 0 Å². The fourth-order valence-electron chi connectivity index (χ4n) is 1.38. The maximum atomic E-state index is 6.02. The van der Waals surface area contributed by atoms with Crippen LogP contribution in [0.25, 0.3) is 0 Å². The van der Waals surface area contributed by atoms with E-state index in [4.69, 9.17) is 23.1 Å². The Morgan fingerprint density at radius 1 is 1.29 bits per heavy atom. The van der Waals surface area contributed by atoms with Gasteiger partial charge in [-0.05, 0) is 36.6 Å². The van der Waals surface area contributed by atoms with Gasteiger partial charge in [-0.15, -0.1) is 0 Å². The maximum Gasteiger partial charge on any atom is 0.0406 e. The largest absolute Gasteiger partial charge is 0.330 e. The van der Waals surface area contributed by atoms with Gasteiger partial charge in [0.05, 0.1) is 0 Å². The predicted octanol–water partition coefficient (Wildman–Crippen LogP) is 2.32. The van der Waals surface area contributed by atoms with Crippen molar-refractivity contribution in [2.45, 2.75) is 19.4 Å². The molecule has 1 rings (SSSR count). The van der Waals surface area contributed by atoms with Crippen molar-refractivity contribution in [2.75, 3.05) is 6.54 Å². The summed E-state index contributed by atoms with van der Waals surface area (Å²) in [6.07, 6.45) is 0.915. The Morgan fingerprint density at radius 3 is 2.36 bits per heavy atom. The summed E-state index contributed by atoms with van der Waals surface area (Å²) in [4.78, 5) is 0. The minimum Gasteiger partial charge on any atom is -0.330 e. The van der Waals surface area contributed by atoms with Crippen molar-refractivity contribution in [1.82, 2.24) is 0 Å². The second-order valence-corrected chi connectivity index (χ2v) is 4.17. The summed E-state index contributed by atoms with van der Waals surface area (Å²) in [5.74, 6) is 0.459. The molecule has 0 fully saturated rings. The highest BCUT2D eigenvalue weighted by Crippen LogP contribution is 2.20. The SMILES string of the molecule is CC(CN)CC(N)c1ccc(Cl)cc1. The molecule has 0 saturated heterocycles. The molecule has 0 aliphatic rings. The first kappa shape index (κ1) is 11.5. The molecule has 78 valence electrons. The Balaban J connectivity index is 2.60. The molecular weight excluding hydrogens is 196 g/mol. The second kappa shape index (κ2) is 5.35. The van der Waals surface area contributed by atoms with E-state index in [9.17, 15) is 0 Å². The Bertz CT molecular complexity index is 271. The highest BCUT2D eigenvalue weighted by atomic mass is 35.5. The lowest BCUT2D eigenvalue weighted by Crippen LogP contribution is -2.19. The zero-order chi connectivity index (χ0) is 10.6. The lowest BCUT2D eigenvalue weighted by Gasteiger charge is -2.16. The molecule has 1 aromatic rings. The van der Waals surface area contributed by atoms with E-state index in [1.807, 2.05) is 24.3 Å². The number of hydrogen-bond acceptors (Lipinski definition) is 2. The second-order valence-electron chi connectivity index (χ2n) is 3.73. The Kier molecular flexibility index (Phi) is 4.39. The predicted molar refractivity (Wildman–Crippen MR) is 61.2 cm³/mol. The monoisotopic (exact) mass is 212 g/mol. The first-order chi connectivity index (χ1) is 6.63. The van der Waals surface area contributed by atoms with Gasteiger partial charge in [0, 0.05) is 11.1 Å². The van der Waals surface area contributed by atoms with Crippen LogP contribution < -0.4 is 11.5 Å². The third-order valence-corrected chi connectivity index (χ3v) is 2.61. The topological polar surface area (TPSA) is 52.0 Å². The summed E-state index contributed by atoms with van der Waals surface area (Å²) in [7, 11) is 0. The van der Waals surface area contributed by atoms with E-state index in [-0.39, 0.29) is 6.04 Å². The maximum absolute atomic E-state index is 6.02. The molecule has 0 aromatic heterocycles. The van der Waals surface area contributed by atoms with Crippen molar-refractivity contribution in [3.63, 3.8) is 0 Å². The fourth-order valence-corrected chi connectivity index (χ4v) is 1.50. The summed E-state index contributed by atoms with van der Waals surface area (Å²) >= 11 is 5.79. The molecule has 3 heteroatoms. The van der Waals surface area contributed by atoms with Crippen molar-refractivity contribution in [3.05, 3.63) is 34.9 Å². The minimum atomic E-state index is 0.0609. The lowest BCUT2D eigenvalue weighted by molar-refractivity contribution is 0.482. The number of hydrogen-bond donors (Lipinski definition) is 2. The van der Waals surface area contributed by atoms with Gasteiger partial charge in [-0.25, -0.2) is 0 Å². The fraction of sp³-hybridized carbons (Fsp3) is 0.455. The third kappa shape index (κ3) is 3.29. The van der Waals surface area contributed by atoms with Gasteiger partial charge in [0.1, 0.15) is 0 Å².